The van der Waals surface area contributed by atoms with E-state index in [1.165, 1.54) is 6.42 Å². The van der Waals surface area contributed by atoms with Crippen LogP contribution in [0.5, 0.6) is 0 Å². The second-order valence-electron chi connectivity index (χ2n) is 8.19. The van der Waals surface area contributed by atoms with Crippen molar-refractivity contribution in [3.8, 4) is 0 Å². The Kier molecular flexibility index (Phi) is 6.18. The Balaban J connectivity index is 0.00000210. The highest BCUT2D eigenvalue weighted by atomic mass is 35.5. The van der Waals surface area contributed by atoms with E-state index in [-0.39, 0.29) is 23.6 Å². The van der Waals surface area contributed by atoms with Gasteiger partial charge in [0.2, 0.25) is 0 Å². The molecule has 150 valence electrons. The molecule has 2 heterocycles. The Morgan fingerprint density at radius 2 is 1.67 bits per heavy atom. The molecule has 3 aliphatic rings. The molecule has 1 amide bonds. The number of amides is 1. The van der Waals surface area contributed by atoms with Gasteiger partial charge in [-0.25, -0.2) is 8.42 Å². The highest BCUT2D eigenvalue weighted by Crippen LogP contribution is 2.37. The fraction of sp³-hybridized carbons (Fsp3) is 0.650. The number of benzene rings is 1. The van der Waals surface area contributed by atoms with Crippen LogP contribution in [-0.2, 0) is 9.84 Å². The lowest BCUT2D eigenvalue weighted by Gasteiger charge is -2.38. The second kappa shape index (κ2) is 8.10. The number of nitrogens with zero attached hydrogens (tertiary/aromatic N) is 1. The van der Waals surface area contributed by atoms with E-state index in [1.54, 1.807) is 24.3 Å². The number of hydrogen-bond donors (Lipinski definition) is 1. The normalized spacial score (nSPS) is 22.7. The number of halogens is 1. The average molecular weight is 413 g/mol. The minimum atomic E-state index is -3.25. The molecule has 1 aromatic carbocycles. The van der Waals surface area contributed by atoms with E-state index in [1.807, 2.05) is 4.90 Å². The zero-order valence-electron chi connectivity index (χ0n) is 15.7. The molecular formula is C20H29ClN2O3S. The van der Waals surface area contributed by atoms with Crippen molar-refractivity contribution in [3.05, 3.63) is 29.8 Å². The van der Waals surface area contributed by atoms with E-state index in [0.717, 1.165) is 64.7 Å². The Morgan fingerprint density at radius 1 is 1.04 bits per heavy atom. The van der Waals surface area contributed by atoms with Gasteiger partial charge in [-0.15, -0.1) is 12.4 Å². The monoisotopic (exact) mass is 412 g/mol. The average Bonchev–Trinajstić information content (AvgIpc) is 3.35. The maximum Gasteiger partial charge on any atom is 0.253 e. The fourth-order valence-corrected chi connectivity index (χ4v) is 6.62. The van der Waals surface area contributed by atoms with Crippen molar-refractivity contribution in [2.45, 2.75) is 55.1 Å². The molecule has 1 saturated carbocycles. The van der Waals surface area contributed by atoms with Crippen LogP contribution in [-0.4, -0.2) is 50.7 Å². The summed E-state index contributed by atoms with van der Waals surface area (Å²) in [6.45, 7) is 3.75. The third kappa shape index (κ3) is 4.03. The van der Waals surface area contributed by atoms with Crippen LogP contribution in [0.25, 0.3) is 0 Å². The van der Waals surface area contributed by atoms with Gasteiger partial charge in [-0.3, -0.25) is 4.79 Å². The maximum atomic E-state index is 12.8. The van der Waals surface area contributed by atoms with Crippen LogP contribution in [0.4, 0.5) is 0 Å². The van der Waals surface area contributed by atoms with Gasteiger partial charge >= 0.3 is 0 Å². The van der Waals surface area contributed by atoms with E-state index in [9.17, 15) is 13.2 Å². The molecule has 0 radical (unpaired) electrons. The summed E-state index contributed by atoms with van der Waals surface area (Å²) < 4.78 is 25.3. The van der Waals surface area contributed by atoms with Crippen molar-refractivity contribution in [3.63, 3.8) is 0 Å². The number of piperidine rings is 1. The molecule has 2 saturated heterocycles. The molecule has 0 unspecified atom stereocenters. The van der Waals surface area contributed by atoms with Gasteiger partial charge in [0.25, 0.3) is 5.91 Å². The number of sulfone groups is 1. The molecule has 1 aromatic rings. The summed E-state index contributed by atoms with van der Waals surface area (Å²) in [7, 11) is -3.25. The van der Waals surface area contributed by atoms with Crippen molar-refractivity contribution in [2.24, 2.45) is 5.41 Å². The predicted molar refractivity (Wildman–Crippen MR) is 108 cm³/mol. The van der Waals surface area contributed by atoms with Gasteiger partial charge in [0.15, 0.2) is 9.84 Å². The smallest absolute Gasteiger partial charge is 0.253 e. The highest BCUT2D eigenvalue weighted by molar-refractivity contribution is 7.92. The summed E-state index contributed by atoms with van der Waals surface area (Å²) >= 11 is 0. The van der Waals surface area contributed by atoms with Crippen molar-refractivity contribution in [1.29, 1.82) is 0 Å². The molecule has 27 heavy (non-hydrogen) atoms. The predicted octanol–water partition coefficient (Wildman–Crippen LogP) is 3.04. The van der Waals surface area contributed by atoms with Crippen LogP contribution in [0.15, 0.2) is 29.2 Å². The molecule has 0 atom stereocenters. The molecule has 5 nitrogen and oxygen atoms in total. The molecular weight excluding hydrogens is 384 g/mol. The van der Waals surface area contributed by atoms with Gasteiger partial charge in [-0.05, 0) is 68.3 Å². The van der Waals surface area contributed by atoms with Crippen LogP contribution in [0.2, 0.25) is 0 Å². The van der Waals surface area contributed by atoms with Gasteiger partial charge in [-0.1, -0.05) is 12.8 Å². The number of likely N-dealkylation sites (tertiary alicyclic amines) is 1. The van der Waals surface area contributed by atoms with Gasteiger partial charge in [0.05, 0.1) is 10.1 Å². The van der Waals surface area contributed by atoms with E-state index in [4.69, 9.17) is 0 Å². The van der Waals surface area contributed by atoms with E-state index >= 15 is 0 Å². The first kappa shape index (κ1) is 20.6. The Hall–Kier alpha value is -1.11. The van der Waals surface area contributed by atoms with Gasteiger partial charge in [0.1, 0.15) is 0 Å². The van der Waals surface area contributed by atoms with Gasteiger partial charge in [0, 0.05) is 25.2 Å². The zero-order chi connectivity index (χ0) is 18.2. The van der Waals surface area contributed by atoms with Crippen LogP contribution in [0.1, 0.15) is 55.3 Å². The number of rotatable bonds is 3. The Bertz CT molecular complexity index is 757. The first-order chi connectivity index (χ1) is 12.5. The third-order valence-electron chi connectivity index (χ3n) is 6.61. The lowest BCUT2D eigenvalue weighted by molar-refractivity contribution is 0.0607. The number of carbonyl (C=O) groups is 1. The topological polar surface area (TPSA) is 66.5 Å². The van der Waals surface area contributed by atoms with E-state index < -0.39 is 9.84 Å². The minimum Gasteiger partial charge on any atom is -0.339 e. The first-order valence-corrected chi connectivity index (χ1v) is 11.4. The second-order valence-corrected chi connectivity index (χ2v) is 10.4. The molecule has 0 bridgehead atoms. The molecule has 0 aromatic heterocycles. The van der Waals surface area contributed by atoms with Crippen LogP contribution >= 0.6 is 12.4 Å². The standard InChI is InChI=1S/C20H28N2O3S.ClH/c23-19(22-13-10-20(11-14-22)9-12-21-15-20)16-5-7-18(8-6-16)26(24,25)17-3-1-2-4-17;/h5-8,17,21H,1-4,9-15H2;1H. The van der Waals surface area contributed by atoms with Crippen LogP contribution < -0.4 is 5.32 Å². The van der Waals surface area contributed by atoms with Gasteiger partial charge < -0.3 is 10.2 Å². The Morgan fingerprint density at radius 3 is 2.22 bits per heavy atom. The number of carbonyl (C=O) groups excluding carboxylic acids is 1. The number of hydrogen-bond acceptors (Lipinski definition) is 4. The van der Waals surface area contributed by atoms with Crippen LogP contribution in [0.3, 0.4) is 0 Å². The molecule has 7 heteroatoms. The third-order valence-corrected chi connectivity index (χ3v) is 8.89. The van der Waals surface area contributed by atoms with Crippen molar-refractivity contribution < 1.29 is 13.2 Å². The number of nitrogens with one attached hydrogen (secondary N) is 1. The molecule has 3 fully saturated rings. The molecule has 1 spiro atoms. The lowest BCUT2D eigenvalue weighted by Crippen LogP contribution is -2.44. The highest BCUT2D eigenvalue weighted by Gasteiger charge is 2.38. The quantitative estimate of drug-likeness (QED) is 0.828. The summed E-state index contributed by atoms with van der Waals surface area (Å²) in [6.07, 6.45) is 6.82. The van der Waals surface area contributed by atoms with E-state index in [2.05, 4.69) is 5.32 Å². The SMILES string of the molecule is Cl.O=C(c1ccc(S(=O)(=O)C2CCCC2)cc1)N1CCC2(CCNC2)CC1. The summed E-state index contributed by atoms with van der Waals surface area (Å²) in [5, 5.41) is 3.19. The summed E-state index contributed by atoms with van der Waals surface area (Å²) in [5.74, 6) is 0.0237. The van der Waals surface area contributed by atoms with Crippen molar-refractivity contribution in [1.82, 2.24) is 10.2 Å². The van der Waals surface area contributed by atoms with Gasteiger partial charge in [-0.2, -0.15) is 0 Å². The Labute approximate surface area is 168 Å². The van der Waals surface area contributed by atoms with Crippen molar-refractivity contribution >= 4 is 28.2 Å². The molecule has 4 rings (SSSR count). The maximum absolute atomic E-state index is 12.8. The van der Waals surface area contributed by atoms with Crippen molar-refractivity contribution in [2.75, 3.05) is 26.2 Å². The van der Waals surface area contributed by atoms with Crippen LogP contribution in [0, 0.1) is 5.41 Å². The minimum absolute atomic E-state index is 0. The first-order valence-electron chi connectivity index (χ1n) is 9.84. The zero-order valence-corrected chi connectivity index (χ0v) is 17.3. The fourth-order valence-electron chi connectivity index (χ4n) is 4.77. The summed E-state index contributed by atoms with van der Waals surface area (Å²) in [6, 6.07) is 6.61. The lowest BCUT2D eigenvalue weighted by atomic mass is 9.78. The molecule has 1 aliphatic carbocycles. The molecule has 1 N–H and O–H groups in total. The van der Waals surface area contributed by atoms with E-state index in [0.29, 0.717) is 15.9 Å². The summed E-state index contributed by atoms with van der Waals surface area (Å²) in [4.78, 5) is 15.1. The summed E-state index contributed by atoms with van der Waals surface area (Å²) in [5.41, 5.74) is 0.978. The largest absolute Gasteiger partial charge is 0.339 e. The molecule has 2 aliphatic heterocycles.